The summed E-state index contributed by atoms with van der Waals surface area (Å²) in [6, 6.07) is 0. The number of carboxylic acid groups (broad SMARTS) is 1. The van der Waals surface area contributed by atoms with Gasteiger partial charge in [0, 0.05) is 19.0 Å². The summed E-state index contributed by atoms with van der Waals surface area (Å²) in [4.78, 5) is 26.0. The molecule has 2 saturated carbocycles. The summed E-state index contributed by atoms with van der Waals surface area (Å²) in [5.41, 5.74) is -0.738. The number of fused-ring (bicyclic) bond motifs is 1. The van der Waals surface area contributed by atoms with Gasteiger partial charge in [-0.15, -0.1) is 0 Å². The van der Waals surface area contributed by atoms with E-state index in [2.05, 4.69) is 0 Å². The molecule has 0 aromatic carbocycles. The summed E-state index contributed by atoms with van der Waals surface area (Å²) in [5, 5.41) is 9.37. The van der Waals surface area contributed by atoms with E-state index >= 15 is 0 Å². The molecule has 0 aromatic heterocycles. The molecule has 0 bridgehead atoms. The van der Waals surface area contributed by atoms with Gasteiger partial charge in [-0.25, -0.2) is 0 Å². The smallest absolute Gasteiger partial charge is 0.309 e. The fourth-order valence-electron chi connectivity index (χ4n) is 4.34. The Morgan fingerprint density at radius 1 is 1.10 bits per heavy atom. The van der Waals surface area contributed by atoms with Crippen LogP contribution < -0.4 is 0 Å². The highest BCUT2D eigenvalue weighted by Gasteiger charge is 2.57. The average molecular weight is 279 g/mol. The first-order valence-electron chi connectivity index (χ1n) is 7.95. The molecule has 3 fully saturated rings. The molecular weight excluding hydrogens is 254 g/mol. The topological polar surface area (TPSA) is 57.6 Å². The minimum Gasteiger partial charge on any atom is -0.481 e. The summed E-state index contributed by atoms with van der Waals surface area (Å²) in [6.07, 6.45) is 5.58. The Balaban J connectivity index is 1.64. The van der Waals surface area contributed by atoms with Crippen molar-refractivity contribution in [3.63, 3.8) is 0 Å². The van der Waals surface area contributed by atoms with E-state index in [1.807, 2.05) is 4.90 Å². The molecule has 20 heavy (non-hydrogen) atoms. The molecule has 0 spiro atoms. The molecule has 4 nitrogen and oxygen atoms in total. The molecular formula is C16H25NO3. The summed E-state index contributed by atoms with van der Waals surface area (Å²) < 4.78 is 0. The zero-order valence-corrected chi connectivity index (χ0v) is 12.5. The number of carbonyl (C=O) groups excluding carboxylic acids is 1. The Morgan fingerprint density at radius 3 is 2.35 bits per heavy atom. The van der Waals surface area contributed by atoms with Gasteiger partial charge in [0.25, 0.3) is 0 Å². The van der Waals surface area contributed by atoms with Crippen molar-refractivity contribution >= 4 is 11.9 Å². The highest BCUT2D eigenvalue weighted by Crippen LogP contribution is 2.58. The molecule has 3 rings (SSSR count). The predicted molar refractivity (Wildman–Crippen MR) is 75.0 cm³/mol. The van der Waals surface area contributed by atoms with Crippen molar-refractivity contribution in [3.8, 4) is 0 Å². The van der Waals surface area contributed by atoms with Gasteiger partial charge in [0.15, 0.2) is 0 Å². The van der Waals surface area contributed by atoms with E-state index in [0.717, 1.165) is 19.4 Å². The van der Waals surface area contributed by atoms with E-state index in [1.54, 1.807) is 13.8 Å². The zero-order valence-electron chi connectivity index (χ0n) is 12.5. The van der Waals surface area contributed by atoms with Crippen LogP contribution in [0.5, 0.6) is 0 Å². The largest absolute Gasteiger partial charge is 0.481 e. The van der Waals surface area contributed by atoms with Crippen LogP contribution >= 0.6 is 0 Å². The van der Waals surface area contributed by atoms with Crippen molar-refractivity contribution in [3.05, 3.63) is 0 Å². The fourth-order valence-corrected chi connectivity index (χ4v) is 4.34. The van der Waals surface area contributed by atoms with Gasteiger partial charge >= 0.3 is 5.97 Å². The summed E-state index contributed by atoms with van der Waals surface area (Å²) in [6.45, 7) is 5.04. The van der Waals surface area contributed by atoms with Gasteiger partial charge in [0.05, 0.1) is 5.41 Å². The molecule has 112 valence electrons. The van der Waals surface area contributed by atoms with Gasteiger partial charge in [0.1, 0.15) is 0 Å². The number of aliphatic carboxylic acids is 1. The molecule has 4 heteroatoms. The summed E-state index contributed by atoms with van der Waals surface area (Å²) >= 11 is 0. The van der Waals surface area contributed by atoms with Crippen LogP contribution in [0.1, 0.15) is 46.0 Å². The number of piperidine rings is 1. The first kappa shape index (κ1) is 13.9. The second-order valence-corrected chi connectivity index (χ2v) is 7.43. The molecule has 1 N–H and O–H groups in total. The maximum Gasteiger partial charge on any atom is 0.309 e. The number of carboxylic acids is 1. The molecule has 0 radical (unpaired) electrons. The van der Waals surface area contributed by atoms with Crippen molar-refractivity contribution in [1.82, 2.24) is 4.90 Å². The maximum absolute atomic E-state index is 12.6. The monoisotopic (exact) mass is 279 g/mol. The van der Waals surface area contributed by atoms with Crippen LogP contribution in [0.25, 0.3) is 0 Å². The van der Waals surface area contributed by atoms with Crippen molar-refractivity contribution in [2.24, 2.45) is 29.1 Å². The quantitative estimate of drug-likeness (QED) is 0.863. The van der Waals surface area contributed by atoms with Crippen LogP contribution in [-0.4, -0.2) is 35.0 Å². The Kier molecular flexibility index (Phi) is 3.30. The van der Waals surface area contributed by atoms with Crippen LogP contribution in [0.2, 0.25) is 0 Å². The lowest BCUT2D eigenvalue weighted by Gasteiger charge is -2.39. The third kappa shape index (κ3) is 2.13. The molecule has 2 aliphatic carbocycles. The van der Waals surface area contributed by atoms with Gasteiger partial charge in [-0.1, -0.05) is 6.42 Å². The van der Waals surface area contributed by atoms with Crippen LogP contribution in [0.15, 0.2) is 0 Å². The molecule has 3 unspecified atom stereocenters. The van der Waals surface area contributed by atoms with Gasteiger partial charge in [-0.3, -0.25) is 9.59 Å². The highest BCUT2D eigenvalue weighted by atomic mass is 16.4. The van der Waals surface area contributed by atoms with Crippen molar-refractivity contribution in [2.45, 2.75) is 46.0 Å². The Hall–Kier alpha value is -1.06. The molecule has 3 aliphatic rings. The van der Waals surface area contributed by atoms with Crippen LogP contribution in [0.4, 0.5) is 0 Å². The van der Waals surface area contributed by atoms with E-state index < -0.39 is 11.4 Å². The second kappa shape index (κ2) is 4.74. The van der Waals surface area contributed by atoms with E-state index in [9.17, 15) is 14.7 Å². The normalized spacial score (nSPS) is 36.6. The number of carbonyl (C=O) groups is 2. The average Bonchev–Trinajstić information content (AvgIpc) is 2.90. The van der Waals surface area contributed by atoms with Crippen LogP contribution in [0, 0.1) is 29.1 Å². The van der Waals surface area contributed by atoms with Crippen LogP contribution in [-0.2, 0) is 9.59 Å². The first-order chi connectivity index (χ1) is 9.43. The molecule has 0 aromatic rings. The van der Waals surface area contributed by atoms with Gasteiger partial charge < -0.3 is 10.0 Å². The minimum absolute atomic E-state index is 0.0799. The standard InChI is InChI=1S/C16H25NO3/c1-16(2,15(19)20)10-5-4-8-17(9-10)14(18)13-11-6-3-7-12(11)13/h10-13H,3-9H2,1-2H3,(H,19,20). The van der Waals surface area contributed by atoms with E-state index in [4.69, 9.17) is 0 Å². The van der Waals surface area contributed by atoms with Crippen molar-refractivity contribution in [2.75, 3.05) is 13.1 Å². The van der Waals surface area contributed by atoms with Gasteiger partial charge in [0.2, 0.25) is 5.91 Å². The number of nitrogens with zero attached hydrogens (tertiary/aromatic N) is 1. The lowest BCUT2D eigenvalue weighted by Crippen LogP contribution is -2.47. The third-order valence-electron chi connectivity index (χ3n) is 6.00. The maximum atomic E-state index is 12.6. The second-order valence-electron chi connectivity index (χ2n) is 7.43. The predicted octanol–water partition coefficient (Wildman–Crippen LogP) is 2.38. The van der Waals surface area contributed by atoms with Gasteiger partial charge in [-0.05, 0) is 57.3 Å². The molecule has 1 heterocycles. The number of hydrogen-bond donors (Lipinski definition) is 1. The van der Waals surface area contributed by atoms with Gasteiger partial charge in [-0.2, -0.15) is 0 Å². The zero-order chi connectivity index (χ0) is 14.5. The first-order valence-corrected chi connectivity index (χ1v) is 7.95. The third-order valence-corrected chi connectivity index (χ3v) is 6.00. The molecule has 3 atom stereocenters. The lowest BCUT2D eigenvalue weighted by molar-refractivity contribution is -0.153. The summed E-state index contributed by atoms with van der Waals surface area (Å²) in [7, 11) is 0. The molecule has 1 saturated heterocycles. The van der Waals surface area contributed by atoms with Crippen molar-refractivity contribution < 1.29 is 14.7 Å². The molecule has 1 amide bonds. The lowest BCUT2D eigenvalue weighted by atomic mass is 9.74. The van der Waals surface area contributed by atoms with Crippen molar-refractivity contribution in [1.29, 1.82) is 0 Å². The Bertz CT molecular complexity index is 421. The Morgan fingerprint density at radius 2 is 1.75 bits per heavy atom. The number of likely N-dealkylation sites (tertiary alicyclic amines) is 1. The number of rotatable bonds is 3. The SMILES string of the molecule is CC(C)(C(=O)O)C1CCCN(C(=O)C2C3CCCC32)C1. The van der Waals surface area contributed by atoms with E-state index in [0.29, 0.717) is 24.3 Å². The van der Waals surface area contributed by atoms with E-state index in [-0.39, 0.29) is 11.8 Å². The van der Waals surface area contributed by atoms with Crippen LogP contribution in [0.3, 0.4) is 0 Å². The number of amides is 1. The molecule has 1 aliphatic heterocycles. The van der Waals surface area contributed by atoms with E-state index in [1.165, 1.54) is 19.3 Å². The highest BCUT2D eigenvalue weighted by molar-refractivity contribution is 5.83. The minimum atomic E-state index is -0.750. The fraction of sp³-hybridized carbons (Fsp3) is 0.875. The number of hydrogen-bond acceptors (Lipinski definition) is 2. The summed E-state index contributed by atoms with van der Waals surface area (Å²) in [5.74, 6) is 1.21. The Labute approximate surface area is 120 Å².